The van der Waals surface area contributed by atoms with Crippen molar-refractivity contribution >= 4 is 22.0 Å². The number of benzene rings is 7. The number of hydrogen-bond donors (Lipinski definition) is 0. The SMILES string of the molecule is Cc1cc(-c2ccccc2)c(-n2c(-c3[c-]oc4ccc(CCc5ccccc5)cc34)nc3ccccc32)c(-c2ccccc2)c1.[2H]C([2H])([2H])c1ccc(-c2[c-]cccc2)nc1.[Ir]. The van der Waals surface area contributed by atoms with Gasteiger partial charge in [-0.05, 0) is 84.4 Å². The molecule has 0 aliphatic rings. The first-order valence-electron chi connectivity index (χ1n) is 20.9. The van der Waals surface area contributed by atoms with Crippen LogP contribution in [0.25, 0.3) is 72.6 Å². The Labute approximate surface area is 363 Å². The first-order chi connectivity index (χ1) is 29.8. The number of aryl methyl sites for hydroxylation is 4. The Kier molecular flexibility index (Phi) is 10.8. The Morgan fingerprint density at radius 1 is 0.644 bits per heavy atom. The second kappa shape index (κ2) is 17.9. The van der Waals surface area contributed by atoms with E-state index in [2.05, 4.69) is 168 Å². The molecule has 0 saturated carbocycles. The minimum atomic E-state index is -2.09. The van der Waals surface area contributed by atoms with E-state index in [0.717, 1.165) is 85.4 Å². The van der Waals surface area contributed by atoms with Gasteiger partial charge in [0.25, 0.3) is 0 Å². The molecule has 1 radical (unpaired) electrons. The van der Waals surface area contributed by atoms with Gasteiger partial charge in [0.15, 0.2) is 0 Å². The first kappa shape index (κ1) is 35.5. The minimum Gasteiger partial charge on any atom is -0.557 e. The predicted octanol–water partition coefficient (Wildman–Crippen LogP) is 13.5. The quantitative estimate of drug-likeness (QED) is 0.143. The summed E-state index contributed by atoms with van der Waals surface area (Å²) >= 11 is 0. The molecule has 0 unspecified atom stereocenters. The zero-order chi connectivity index (χ0) is 41.8. The zero-order valence-electron chi connectivity index (χ0n) is 35.4. The Hall–Kier alpha value is -6.65. The van der Waals surface area contributed by atoms with Gasteiger partial charge in [0, 0.05) is 53.4 Å². The van der Waals surface area contributed by atoms with Crippen molar-refractivity contribution in [3.8, 4) is 50.6 Å². The predicted molar refractivity (Wildman–Crippen MR) is 238 cm³/mol. The number of nitrogens with zero attached hydrogens (tertiary/aromatic N) is 3. The van der Waals surface area contributed by atoms with Gasteiger partial charge in [0.1, 0.15) is 0 Å². The molecule has 0 aliphatic heterocycles. The van der Waals surface area contributed by atoms with Gasteiger partial charge in [-0.1, -0.05) is 150 Å². The van der Waals surface area contributed by atoms with Gasteiger partial charge in [-0.15, -0.1) is 35.9 Å². The van der Waals surface area contributed by atoms with Gasteiger partial charge in [-0.25, -0.2) is 0 Å². The third kappa shape index (κ3) is 8.49. The topological polar surface area (TPSA) is 43.9 Å². The van der Waals surface area contributed by atoms with Crippen molar-refractivity contribution in [1.82, 2.24) is 14.5 Å². The summed E-state index contributed by atoms with van der Waals surface area (Å²) < 4.78 is 30.1. The number of hydrogen-bond acceptors (Lipinski definition) is 3. The molecule has 5 heteroatoms. The van der Waals surface area contributed by atoms with Gasteiger partial charge >= 0.3 is 0 Å². The molecule has 0 aliphatic carbocycles. The Morgan fingerprint density at radius 2 is 1.31 bits per heavy atom. The van der Waals surface area contributed by atoms with Crippen molar-refractivity contribution in [3.05, 3.63) is 223 Å². The van der Waals surface area contributed by atoms with Crippen LogP contribution in [0.4, 0.5) is 0 Å². The Morgan fingerprint density at radius 3 is 1.97 bits per heavy atom. The van der Waals surface area contributed by atoms with Crippen molar-refractivity contribution in [2.75, 3.05) is 0 Å². The average molecular weight is 943 g/mol. The maximum Gasteiger partial charge on any atom is 0.0774 e. The van der Waals surface area contributed by atoms with E-state index in [1.54, 1.807) is 18.2 Å². The molecule has 289 valence electrons. The van der Waals surface area contributed by atoms with Gasteiger partial charge in [0.05, 0.1) is 22.5 Å². The molecule has 0 atom stereocenters. The van der Waals surface area contributed by atoms with E-state index in [1.165, 1.54) is 22.9 Å². The minimum absolute atomic E-state index is 0. The molecule has 0 bridgehead atoms. The number of fused-ring (bicyclic) bond motifs is 2. The maximum absolute atomic E-state index is 7.23. The average Bonchev–Trinajstić information content (AvgIpc) is 3.90. The van der Waals surface area contributed by atoms with Crippen LogP contribution in [0.5, 0.6) is 0 Å². The van der Waals surface area contributed by atoms with Crippen LogP contribution < -0.4 is 0 Å². The van der Waals surface area contributed by atoms with Crippen molar-refractivity contribution < 1.29 is 28.6 Å². The van der Waals surface area contributed by atoms with E-state index in [0.29, 0.717) is 0 Å². The molecule has 0 fully saturated rings. The maximum atomic E-state index is 7.23. The second-order valence-electron chi connectivity index (χ2n) is 14.3. The van der Waals surface area contributed by atoms with E-state index in [9.17, 15) is 0 Å². The molecule has 10 aromatic rings. The van der Waals surface area contributed by atoms with Crippen molar-refractivity contribution in [2.24, 2.45) is 0 Å². The molecule has 0 N–H and O–H groups in total. The number of pyridine rings is 1. The van der Waals surface area contributed by atoms with Crippen LogP contribution in [-0.2, 0) is 32.9 Å². The summed E-state index contributed by atoms with van der Waals surface area (Å²) in [6.07, 6.45) is 6.58. The molecule has 0 saturated heterocycles. The summed E-state index contributed by atoms with van der Waals surface area (Å²) in [5.41, 5.74) is 15.0. The fourth-order valence-corrected chi connectivity index (χ4v) is 7.50. The third-order valence-corrected chi connectivity index (χ3v) is 10.3. The van der Waals surface area contributed by atoms with Crippen LogP contribution in [0.2, 0.25) is 0 Å². The number of aromatic nitrogens is 3. The van der Waals surface area contributed by atoms with Crippen LogP contribution in [0.15, 0.2) is 193 Å². The van der Waals surface area contributed by atoms with Crippen molar-refractivity contribution in [2.45, 2.75) is 26.6 Å². The summed E-state index contributed by atoms with van der Waals surface area (Å²) in [5, 5.41) is 1.02. The van der Waals surface area contributed by atoms with Crippen LogP contribution in [-0.4, -0.2) is 14.5 Å². The third-order valence-electron chi connectivity index (χ3n) is 10.3. The van der Waals surface area contributed by atoms with Crippen molar-refractivity contribution in [3.63, 3.8) is 0 Å². The molecule has 10 rings (SSSR count). The summed E-state index contributed by atoms with van der Waals surface area (Å²) in [6.45, 7) is 0.0792. The number of rotatable bonds is 8. The smallest absolute Gasteiger partial charge is 0.0774 e. The van der Waals surface area contributed by atoms with Gasteiger partial charge in [-0.2, -0.15) is 0 Å². The molecule has 0 spiro atoms. The fourth-order valence-electron chi connectivity index (χ4n) is 7.50. The molecule has 4 nitrogen and oxygen atoms in total. The number of para-hydroxylation sites is 2. The van der Waals surface area contributed by atoms with E-state index in [1.807, 2.05) is 24.3 Å². The molecule has 7 aromatic carbocycles. The second-order valence-corrected chi connectivity index (χ2v) is 14.3. The molecular weight excluding hydrogens is 899 g/mol. The Bertz CT molecular complexity index is 3000. The summed E-state index contributed by atoms with van der Waals surface area (Å²) in [4.78, 5) is 9.39. The van der Waals surface area contributed by atoms with E-state index in [4.69, 9.17) is 13.5 Å². The summed E-state index contributed by atoms with van der Waals surface area (Å²) in [6, 6.07) is 65.1. The normalized spacial score (nSPS) is 11.8. The van der Waals surface area contributed by atoms with Gasteiger partial charge in [-0.3, -0.25) is 4.98 Å². The monoisotopic (exact) mass is 943 g/mol. The van der Waals surface area contributed by atoms with E-state index < -0.39 is 6.85 Å². The summed E-state index contributed by atoms with van der Waals surface area (Å²) in [5.74, 6) is 0.813. The van der Waals surface area contributed by atoms with Crippen LogP contribution >= 0.6 is 0 Å². The van der Waals surface area contributed by atoms with E-state index >= 15 is 0 Å². The largest absolute Gasteiger partial charge is 0.557 e. The molecular formula is C54H41IrN3O-2. The van der Waals surface area contributed by atoms with Gasteiger partial charge < -0.3 is 14.0 Å². The molecule has 59 heavy (non-hydrogen) atoms. The van der Waals surface area contributed by atoms with Crippen LogP contribution in [0.3, 0.4) is 0 Å². The Balaban J connectivity index is 0.000000263. The number of imidazole rings is 1. The fraction of sp³-hybridized carbons (Fsp3) is 0.0741. The standard InChI is InChI=1S/C42H31N2O.C12H10N.Ir/c1-29-25-34(32-15-7-3-8-16-32)41(35(26-29)33-17-9-4-10-18-33)44-39-20-12-11-19-38(39)43-42(44)37-28-45-40-24-23-31(27-36(37)40)22-21-30-13-5-2-6-14-30;1-10-7-8-12(13-9-10)11-5-3-2-4-6-11;/h2-20,23-27H,21-22H2,1H3;2-5,7-9H,1H3;/q2*-1;/i;1D3;. The van der Waals surface area contributed by atoms with Gasteiger partial charge in [0.2, 0.25) is 0 Å². The van der Waals surface area contributed by atoms with E-state index in [-0.39, 0.29) is 25.7 Å². The molecule has 3 aromatic heterocycles. The van der Waals surface area contributed by atoms with Crippen LogP contribution in [0, 0.1) is 26.1 Å². The molecule has 0 amide bonds. The zero-order valence-corrected chi connectivity index (χ0v) is 34.8. The first-order valence-corrected chi connectivity index (χ1v) is 19.4. The number of furan rings is 1. The van der Waals surface area contributed by atoms with Crippen molar-refractivity contribution in [1.29, 1.82) is 0 Å². The molecule has 3 heterocycles. The van der Waals surface area contributed by atoms with Crippen LogP contribution in [0.1, 0.15) is 26.4 Å². The summed E-state index contributed by atoms with van der Waals surface area (Å²) in [7, 11) is 0.